The second-order valence-corrected chi connectivity index (χ2v) is 9.36. The van der Waals surface area contributed by atoms with Gasteiger partial charge in [-0.1, -0.05) is 6.07 Å². The lowest BCUT2D eigenvalue weighted by Crippen LogP contribution is -2.42. The third-order valence-electron chi connectivity index (χ3n) is 4.23. The van der Waals surface area contributed by atoms with Crippen LogP contribution in [0, 0.1) is 5.82 Å². The van der Waals surface area contributed by atoms with Gasteiger partial charge in [0.25, 0.3) is 0 Å². The van der Waals surface area contributed by atoms with Gasteiger partial charge < -0.3 is 10.6 Å². The molecular weight excluding hydrogens is 429 g/mol. The summed E-state index contributed by atoms with van der Waals surface area (Å²) in [5, 5.41) is 5.45. The molecule has 156 valence electrons. The highest BCUT2D eigenvalue weighted by molar-refractivity contribution is 7.91. The first-order chi connectivity index (χ1) is 14.4. The molecule has 3 aromatic rings. The number of aromatic nitrogens is 1. The number of benzene rings is 1. The predicted molar refractivity (Wildman–Crippen MR) is 110 cm³/mol. The van der Waals surface area contributed by atoms with Gasteiger partial charge in [0, 0.05) is 30.4 Å². The number of rotatable bonds is 7. The second kappa shape index (κ2) is 9.59. The fourth-order valence-electron chi connectivity index (χ4n) is 2.66. The van der Waals surface area contributed by atoms with Crippen LogP contribution in [-0.4, -0.2) is 31.8 Å². The van der Waals surface area contributed by atoms with Crippen molar-refractivity contribution in [1.29, 1.82) is 0 Å². The van der Waals surface area contributed by atoms with Crippen LogP contribution in [0.1, 0.15) is 15.7 Å². The first kappa shape index (κ1) is 21.6. The van der Waals surface area contributed by atoms with Crippen molar-refractivity contribution in [3.8, 4) is 0 Å². The van der Waals surface area contributed by atoms with Gasteiger partial charge in [0.05, 0.1) is 4.90 Å². The van der Waals surface area contributed by atoms with Crippen molar-refractivity contribution in [3.05, 3.63) is 82.6 Å². The Morgan fingerprint density at radius 2 is 1.67 bits per heavy atom. The van der Waals surface area contributed by atoms with Crippen LogP contribution in [-0.2, 0) is 26.0 Å². The third-order valence-corrected chi connectivity index (χ3v) is 7.47. The molecule has 0 unspecified atom stereocenters. The molecule has 2 amide bonds. The fraction of sp³-hybridized carbons (Fsp3) is 0.150. The summed E-state index contributed by atoms with van der Waals surface area (Å²) in [5.74, 6) is -2.38. The van der Waals surface area contributed by atoms with E-state index in [-0.39, 0.29) is 18.0 Å². The average Bonchev–Trinajstić information content (AvgIpc) is 3.27. The molecule has 0 saturated carbocycles. The molecule has 3 rings (SSSR count). The lowest BCUT2D eigenvalue weighted by atomic mass is 10.3. The average molecular weight is 448 g/mol. The molecule has 1 aromatic carbocycles. The standard InChI is InChI=1S/C20H18FN3O4S2/c21-15-3-5-16(6-4-15)30(27,28)18(17-2-1-11-29-17)13-24-20(26)19(25)23-12-14-7-9-22-10-8-14/h1-11,18H,12-13H2,(H,23,25)(H,24,26)/t18-/m0/s1. The maximum atomic E-state index is 13.2. The summed E-state index contributed by atoms with van der Waals surface area (Å²) in [7, 11) is -3.93. The summed E-state index contributed by atoms with van der Waals surface area (Å²) in [5.41, 5.74) is 0.765. The minimum absolute atomic E-state index is 0.0707. The molecule has 2 N–H and O–H groups in total. The van der Waals surface area contributed by atoms with Crippen molar-refractivity contribution in [2.24, 2.45) is 0 Å². The molecule has 0 fully saturated rings. The maximum Gasteiger partial charge on any atom is 0.309 e. The highest BCUT2D eigenvalue weighted by Crippen LogP contribution is 2.31. The maximum absolute atomic E-state index is 13.2. The Morgan fingerprint density at radius 1 is 1.00 bits per heavy atom. The quantitative estimate of drug-likeness (QED) is 0.427. The molecular formula is C20H18FN3O4S2. The Labute approximate surface area is 176 Å². The highest BCUT2D eigenvalue weighted by Gasteiger charge is 2.31. The first-order valence-electron chi connectivity index (χ1n) is 8.85. The molecule has 7 nitrogen and oxygen atoms in total. The smallest absolute Gasteiger partial charge is 0.309 e. The minimum atomic E-state index is -3.93. The number of halogens is 1. The molecule has 0 bridgehead atoms. The van der Waals surface area contributed by atoms with Gasteiger partial charge >= 0.3 is 11.8 Å². The molecule has 10 heteroatoms. The van der Waals surface area contributed by atoms with Crippen molar-refractivity contribution in [1.82, 2.24) is 15.6 Å². The number of sulfone groups is 1. The molecule has 30 heavy (non-hydrogen) atoms. The molecule has 1 atom stereocenters. The van der Waals surface area contributed by atoms with Crippen LogP contribution in [0.25, 0.3) is 0 Å². The zero-order valence-electron chi connectivity index (χ0n) is 15.6. The summed E-state index contributed by atoms with van der Waals surface area (Å²) >= 11 is 1.21. The minimum Gasteiger partial charge on any atom is -0.346 e. The van der Waals surface area contributed by atoms with E-state index in [9.17, 15) is 22.4 Å². The Bertz CT molecular complexity index is 1100. The number of carbonyl (C=O) groups is 2. The monoisotopic (exact) mass is 447 g/mol. The molecule has 0 aliphatic heterocycles. The number of nitrogens with one attached hydrogen (secondary N) is 2. The van der Waals surface area contributed by atoms with Gasteiger partial charge in [0.2, 0.25) is 0 Å². The van der Waals surface area contributed by atoms with E-state index in [0.29, 0.717) is 4.88 Å². The molecule has 0 radical (unpaired) electrons. The second-order valence-electron chi connectivity index (χ2n) is 6.25. The Balaban J connectivity index is 1.69. The predicted octanol–water partition coefficient (Wildman–Crippen LogP) is 2.23. The number of hydrogen-bond donors (Lipinski definition) is 2. The van der Waals surface area contributed by atoms with E-state index < -0.39 is 32.7 Å². The van der Waals surface area contributed by atoms with E-state index in [1.165, 1.54) is 23.5 Å². The lowest BCUT2D eigenvalue weighted by Gasteiger charge is -2.17. The van der Waals surface area contributed by atoms with Crippen molar-refractivity contribution in [2.75, 3.05) is 6.54 Å². The van der Waals surface area contributed by atoms with Gasteiger partial charge in [-0.25, -0.2) is 12.8 Å². The van der Waals surface area contributed by atoms with E-state index in [2.05, 4.69) is 15.6 Å². The Kier molecular flexibility index (Phi) is 6.91. The highest BCUT2D eigenvalue weighted by atomic mass is 32.2. The van der Waals surface area contributed by atoms with Crippen LogP contribution in [0.5, 0.6) is 0 Å². The summed E-state index contributed by atoms with van der Waals surface area (Å²) in [6, 6.07) is 11.2. The van der Waals surface area contributed by atoms with Gasteiger partial charge in [-0.05, 0) is 53.4 Å². The van der Waals surface area contributed by atoms with Crippen molar-refractivity contribution < 1.29 is 22.4 Å². The van der Waals surface area contributed by atoms with E-state index in [4.69, 9.17) is 0 Å². The van der Waals surface area contributed by atoms with Gasteiger partial charge in [-0.15, -0.1) is 11.3 Å². The number of pyridine rings is 1. The van der Waals surface area contributed by atoms with E-state index in [1.54, 1.807) is 42.0 Å². The summed E-state index contributed by atoms with van der Waals surface area (Å²) < 4.78 is 39.3. The van der Waals surface area contributed by atoms with Crippen molar-refractivity contribution in [3.63, 3.8) is 0 Å². The van der Waals surface area contributed by atoms with Crippen LogP contribution < -0.4 is 10.6 Å². The number of carbonyl (C=O) groups excluding carboxylic acids is 2. The molecule has 2 aromatic heterocycles. The number of hydrogen-bond acceptors (Lipinski definition) is 6. The Hall–Kier alpha value is -3.11. The summed E-state index contributed by atoms with van der Waals surface area (Å²) in [6.45, 7) is -0.168. The summed E-state index contributed by atoms with van der Waals surface area (Å²) in [6.07, 6.45) is 3.13. The summed E-state index contributed by atoms with van der Waals surface area (Å²) in [4.78, 5) is 28.5. The molecule has 2 heterocycles. The topological polar surface area (TPSA) is 105 Å². The lowest BCUT2D eigenvalue weighted by molar-refractivity contribution is -0.139. The molecule has 0 saturated heterocycles. The van der Waals surface area contributed by atoms with Gasteiger partial charge in [-0.2, -0.15) is 0 Å². The first-order valence-corrected chi connectivity index (χ1v) is 11.3. The van der Waals surface area contributed by atoms with E-state index in [1.807, 2.05) is 0 Å². The third kappa shape index (κ3) is 5.28. The van der Waals surface area contributed by atoms with Gasteiger partial charge in [0.1, 0.15) is 11.1 Å². The van der Waals surface area contributed by atoms with Crippen LogP contribution in [0.4, 0.5) is 4.39 Å². The number of thiophene rings is 1. The molecule has 0 spiro atoms. The van der Waals surface area contributed by atoms with Crippen LogP contribution in [0.2, 0.25) is 0 Å². The van der Waals surface area contributed by atoms with Gasteiger partial charge in [0.15, 0.2) is 9.84 Å². The van der Waals surface area contributed by atoms with Crippen LogP contribution >= 0.6 is 11.3 Å². The Morgan fingerprint density at radius 3 is 2.30 bits per heavy atom. The van der Waals surface area contributed by atoms with E-state index >= 15 is 0 Å². The van der Waals surface area contributed by atoms with E-state index in [0.717, 1.165) is 17.7 Å². The van der Waals surface area contributed by atoms with Gasteiger partial charge in [-0.3, -0.25) is 14.6 Å². The van der Waals surface area contributed by atoms with Crippen molar-refractivity contribution in [2.45, 2.75) is 16.7 Å². The van der Waals surface area contributed by atoms with Crippen molar-refractivity contribution >= 4 is 33.0 Å². The number of amides is 2. The number of nitrogens with zero attached hydrogens (tertiary/aromatic N) is 1. The SMILES string of the molecule is O=C(NCc1ccncc1)C(=O)NC[C@@H](c1cccs1)S(=O)(=O)c1ccc(F)cc1. The normalized spacial score (nSPS) is 12.2. The zero-order chi connectivity index (χ0) is 21.6. The molecule has 0 aliphatic carbocycles. The fourth-order valence-corrected chi connectivity index (χ4v) is 5.44. The molecule has 0 aliphatic rings. The van der Waals surface area contributed by atoms with Crippen LogP contribution in [0.3, 0.4) is 0 Å². The van der Waals surface area contributed by atoms with Crippen LogP contribution in [0.15, 0.2) is 71.2 Å². The zero-order valence-corrected chi connectivity index (χ0v) is 17.3. The largest absolute Gasteiger partial charge is 0.346 e.